The van der Waals surface area contributed by atoms with Gasteiger partial charge in [-0.05, 0) is 49.8 Å². The number of thiocarbonyl (C=S) groups is 1. The zero-order valence-corrected chi connectivity index (χ0v) is 15.1. The number of ether oxygens (including phenoxy) is 1. The molecule has 122 valence electrons. The summed E-state index contributed by atoms with van der Waals surface area (Å²) in [7, 11) is 0. The van der Waals surface area contributed by atoms with Crippen LogP contribution >= 0.6 is 24.0 Å². The summed E-state index contributed by atoms with van der Waals surface area (Å²) in [6.07, 6.45) is 1.86. The summed E-state index contributed by atoms with van der Waals surface area (Å²) in [5.41, 5.74) is 2.87. The van der Waals surface area contributed by atoms with Crippen molar-refractivity contribution in [2.24, 2.45) is 0 Å². The normalized spacial score (nSPS) is 16.1. The van der Waals surface area contributed by atoms with Crippen LogP contribution in [0.25, 0.3) is 6.08 Å². The second-order valence-corrected chi connectivity index (χ2v) is 7.03. The SMILES string of the molecule is CCOc1cccc(/C=C2\SC(=S)N(c3ccc(C)cc3)C2=O)c1. The van der Waals surface area contributed by atoms with Crippen LogP contribution in [-0.4, -0.2) is 16.8 Å². The molecule has 0 atom stereocenters. The van der Waals surface area contributed by atoms with Crippen molar-refractivity contribution < 1.29 is 9.53 Å². The van der Waals surface area contributed by atoms with Gasteiger partial charge in [-0.25, -0.2) is 0 Å². The van der Waals surface area contributed by atoms with E-state index in [1.807, 2.05) is 68.5 Å². The standard InChI is InChI=1S/C19H17NO2S2/c1-3-22-16-6-4-5-14(11-16)12-17-18(21)20(19(23)24-17)15-9-7-13(2)8-10-15/h4-12H,3H2,1-2H3/b17-12-. The Morgan fingerprint density at radius 2 is 1.96 bits per heavy atom. The Morgan fingerprint density at radius 1 is 1.21 bits per heavy atom. The second kappa shape index (κ2) is 7.20. The average Bonchev–Trinajstić information content (AvgIpc) is 2.83. The number of carbonyl (C=O) groups is 1. The summed E-state index contributed by atoms with van der Waals surface area (Å²) in [4.78, 5) is 14.9. The van der Waals surface area contributed by atoms with E-state index in [9.17, 15) is 4.79 Å². The lowest BCUT2D eigenvalue weighted by Crippen LogP contribution is -2.27. The van der Waals surface area contributed by atoms with Crippen LogP contribution in [0.1, 0.15) is 18.1 Å². The fraction of sp³-hybridized carbons (Fsp3) is 0.158. The zero-order chi connectivity index (χ0) is 17.1. The average molecular weight is 355 g/mol. The number of rotatable bonds is 4. The molecule has 1 fully saturated rings. The second-order valence-electron chi connectivity index (χ2n) is 5.36. The molecule has 3 rings (SSSR count). The first-order valence-electron chi connectivity index (χ1n) is 7.66. The van der Waals surface area contributed by atoms with Crippen LogP contribution < -0.4 is 9.64 Å². The van der Waals surface area contributed by atoms with Crippen LogP contribution in [0.4, 0.5) is 5.69 Å². The maximum Gasteiger partial charge on any atom is 0.270 e. The quantitative estimate of drug-likeness (QED) is 0.582. The molecule has 0 N–H and O–H groups in total. The fourth-order valence-corrected chi connectivity index (χ4v) is 3.70. The number of amides is 1. The summed E-state index contributed by atoms with van der Waals surface area (Å²) in [5, 5.41) is 0. The van der Waals surface area contributed by atoms with Gasteiger partial charge >= 0.3 is 0 Å². The van der Waals surface area contributed by atoms with Crippen molar-refractivity contribution in [1.82, 2.24) is 0 Å². The van der Waals surface area contributed by atoms with Crippen molar-refractivity contribution in [1.29, 1.82) is 0 Å². The van der Waals surface area contributed by atoms with E-state index in [0.29, 0.717) is 15.8 Å². The molecule has 1 heterocycles. The third kappa shape index (κ3) is 3.52. The number of hydrogen-bond donors (Lipinski definition) is 0. The number of nitrogens with zero attached hydrogens (tertiary/aromatic N) is 1. The third-order valence-electron chi connectivity index (χ3n) is 3.55. The molecule has 1 aliphatic rings. The van der Waals surface area contributed by atoms with Gasteiger partial charge < -0.3 is 4.74 Å². The van der Waals surface area contributed by atoms with Crippen molar-refractivity contribution >= 4 is 46.0 Å². The van der Waals surface area contributed by atoms with Crippen molar-refractivity contribution in [3.63, 3.8) is 0 Å². The molecule has 3 nitrogen and oxygen atoms in total. The highest BCUT2D eigenvalue weighted by atomic mass is 32.2. The van der Waals surface area contributed by atoms with E-state index in [2.05, 4.69) is 0 Å². The lowest BCUT2D eigenvalue weighted by molar-refractivity contribution is -0.113. The van der Waals surface area contributed by atoms with E-state index in [-0.39, 0.29) is 5.91 Å². The lowest BCUT2D eigenvalue weighted by Gasteiger charge is -2.14. The highest BCUT2D eigenvalue weighted by Gasteiger charge is 2.33. The summed E-state index contributed by atoms with van der Waals surface area (Å²) < 4.78 is 6.06. The highest BCUT2D eigenvalue weighted by Crippen LogP contribution is 2.36. The molecule has 0 aromatic heterocycles. The van der Waals surface area contributed by atoms with E-state index in [4.69, 9.17) is 17.0 Å². The molecule has 0 saturated carbocycles. The largest absolute Gasteiger partial charge is 0.494 e. The first kappa shape index (κ1) is 16.7. The fourth-order valence-electron chi connectivity index (χ4n) is 2.40. The Labute approximate surface area is 151 Å². The summed E-state index contributed by atoms with van der Waals surface area (Å²) in [6, 6.07) is 15.5. The lowest BCUT2D eigenvalue weighted by atomic mass is 10.2. The Balaban J connectivity index is 1.88. The van der Waals surface area contributed by atoms with Crippen LogP contribution in [0.15, 0.2) is 53.4 Å². The van der Waals surface area contributed by atoms with Gasteiger partial charge in [0.05, 0.1) is 17.2 Å². The topological polar surface area (TPSA) is 29.5 Å². The van der Waals surface area contributed by atoms with Crippen LogP contribution in [-0.2, 0) is 4.79 Å². The van der Waals surface area contributed by atoms with Crippen LogP contribution in [0.3, 0.4) is 0 Å². The molecule has 1 aliphatic heterocycles. The minimum Gasteiger partial charge on any atom is -0.494 e. The molecular formula is C19H17NO2S2. The minimum absolute atomic E-state index is 0.0873. The van der Waals surface area contributed by atoms with Gasteiger partial charge in [0.15, 0.2) is 4.32 Å². The first-order chi connectivity index (χ1) is 11.6. The number of benzene rings is 2. The molecule has 1 saturated heterocycles. The molecule has 5 heteroatoms. The van der Waals surface area contributed by atoms with Crippen molar-refractivity contribution in [3.8, 4) is 5.75 Å². The molecule has 0 spiro atoms. The Hall–Kier alpha value is -2.11. The molecule has 0 aliphatic carbocycles. The van der Waals surface area contributed by atoms with Crippen molar-refractivity contribution in [3.05, 3.63) is 64.6 Å². The zero-order valence-electron chi connectivity index (χ0n) is 13.5. The number of anilines is 1. The van der Waals surface area contributed by atoms with E-state index >= 15 is 0 Å². The number of thioether (sulfide) groups is 1. The molecule has 2 aromatic rings. The highest BCUT2D eigenvalue weighted by molar-refractivity contribution is 8.27. The van der Waals surface area contributed by atoms with E-state index in [1.54, 1.807) is 4.90 Å². The van der Waals surface area contributed by atoms with Gasteiger partial charge in [-0.3, -0.25) is 9.69 Å². The molecule has 0 unspecified atom stereocenters. The van der Waals surface area contributed by atoms with Crippen LogP contribution in [0.2, 0.25) is 0 Å². The molecule has 0 bridgehead atoms. The van der Waals surface area contributed by atoms with Crippen molar-refractivity contribution in [2.75, 3.05) is 11.5 Å². The maximum atomic E-state index is 12.7. The van der Waals surface area contributed by atoms with Gasteiger partial charge in [0.1, 0.15) is 5.75 Å². The van der Waals surface area contributed by atoms with Gasteiger partial charge in [0.2, 0.25) is 0 Å². The Kier molecular flexibility index (Phi) is 5.02. The first-order valence-corrected chi connectivity index (χ1v) is 8.88. The van der Waals surface area contributed by atoms with Crippen molar-refractivity contribution in [2.45, 2.75) is 13.8 Å². The Morgan fingerprint density at radius 3 is 2.67 bits per heavy atom. The van der Waals surface area contributed by atoms with Gasteiger partial charge in [-0.2, -0.15) is 0 Å². The van der Waals surface area contributed by atoms with E-state index < -0.39 is 0 Å². The minimum atomic E-state index is -0.0873. The third-order valence-corrected chi connectivity index (χ3v) is 4.85. The number of aryl methyl sites for hydroxylation is 1. The van der Waals surface area contributed by atoms with Gasteiger partial charge in [0, 0.05) is 0 Å². The predicted octanol–water partition coefficient (Wildman–Crippen LogP) is 4.80. The molecular weight excluding hydrogens is 338 g/mol. The van der Waals surface area contributed by atoms with E-state index in [1.165, 1.54) is 11.8 Å². The van der Waals surface area contributed by atoms with Gasteiger partial charge in [0.25, 0.3) is 5.91 Å². The summed E-state index contributed by atoms with van der Waals surface area (Å²) >= 11 is 6.72. The number of carbonyl (C=O) groups excluding carboxylic acids is 1. The maximum absolute atomic E-state index is 12.7. The summed E-state index contributed by atoms with van der Waals surface area (Å²) in [6.45, 7) is 4.57. The van der Waals surface area contributed by atoms with Gasteiger partial charge in [-0.15, -0.1) is 0 Å². The van der Waals surface area contributed by atoms with Crippen LogP contribution in [0, 0.1) is 6.92 Å². The summed E-state index contributed by atoms with van der Waals surface area (Å²) in [5.74, 6) is 0.705. The molecule has 1 amide bonds. The molecule has 2 aromatic carbocycles. The van der Waals surface area contributed by atoms with Gasteiger partial charge in [-0.1, -0.05) is 53.8 Å². The predicted molar refractivity (Wildman–Crippen MR) is 104 cm³/mol. The molecule has 24 heavy (non-hydrogen) atoms. The monoisotopic (exact) mass is 355 g/mol. The smallest absolute Gasteiger partial charge is 0.270 e. The number of hydrogen-bond acceptors (Lipinski definition) is 4. The van der Waals surface area contributed by atoms with E-state index in [0.717, 1.165) is 22.6 Å². The molecule has 0 radical (unpaired) electrons. The Bertz CT molecular complexity index is 812. The van der Waals surface area contributed by atoms with Crippen LogP contribution in [0.5, 0.6) is 5.75 Å².